The third-order valence-corrected chi connectivity index (χ3v) is 11.6. The van der Waals surface area contributed by atoms with Crippen molar-refractivity contribution in [3.63, 3.8) is 0 Å². The Bertz CT molecular complexity index is 2060. The number of anilines is 2. The van der Waals surface area contributed by atoms with Gasteiger partial charge in [-0.15, -0.1) is 6.58 Å². The van der Waals surface area contributed by atoms with E-state index in [1.807, 2.05) is 0 Å². The second-order valence-electron chi connectivity index (χ2n) is 15.8. The van der Waals surface area contributed by atoms with Crippen LogP contribution in [0.4, 0.5) is 20.2 Å². The van der Waals surface area contributed by atoms with Crippen LogP contribution in [0.5, 0.6) is 23.0 Å². The molecule has 11 nitrogen and oxygen atoms in total. The Kier molecular flexibility index (Phi) is 17.1. The number of hydrogen-bond acceptors (Lipinski definition) is 9. The maximum Gasteiger partial charge on any atom is 0.236 e. The smallest absolute Gasteiger partial charge is 0.236 e. The lowest BCUT2D eigenvalue weighted by Gasteiger charge is -2.26. The van der Waals surface area contributed by atoms with Crippen LogP contribution in [0.25, 0.3) is 0 Å². The number of halogens is 2. The summed E-state index contributed by atoms with van der Waals surface area (Å²) in [4.78, 5) is 32.2. The Labute approximate surface area is 364 Å². The van der Waals surface area contributed by atoms with Crippen LogP contribution in [0.2, 0.25) is 0 Å². The number of nitrogens with one attached hydrogen (secondary N) is 1. The van der Waals surface area contributed by atoms with Crippen molar-refractivity contribution in [3.8, 4) is 23.0 Å². The first-order chi connectivity index (χ1) is 30.2. The number of likely N-dealkylation sites (tertiary alicyclic amines) is 2. The molecular weight excluding hydrogens is 795 g/mol. The number of amides is 2. The van der Waals surface area contributed by atoms with Gasteiger partial charge < -0.3 is 29.4 Å². The highest BCUT2D eigenvalue weighted by molar-refractivity contribution is 6.01. The molecule has 332 valence electrons. The predicted molar refractivity (Wildman–Crippen MR) is 237 cm³/mol. The summed E-state index contributed by atoms with van der Waals surface area (Å²) in [6.07, 6.45) is 8.96. The van der Waals surface area contributed by atoms with E-state index in [0.717, 1.165) is 44.8 Å². The number of benzene rings is 4. The molecular formula is C49H60F2N4O7. The van der Waals surface area contributed by atoms with E-state index in [9.17, 15) is 23.5 Å². The number of rotatable bonds is 17. The van der Waals surface area contributed by atoms with Crippen LogP contribution in [-0.4, -0.2) is 99.7 Å². The average Bonchev–Trinajstić information content (AvgIpc) is 3.59. The molecule has 0 bridgehead atoms. The van der Waals surface area contributed by atoms with Crippen molar-refractivity contribution in [2.75, 3.05) is 76.9 Å². The van der Waals surface area contributed by atoms with Crippen molar-refractivity contribution in [3.05, 3.63) is 120 Å². The van der Waals surface area contributed by atoms with E-state index in [2.05, 4.69) is 21.7 Å². The lowest BCUT2D eigenvalue weighted by Crippen LogP contribution is -2.34. The van der Waals surface area contributed by atoms with Gasteiger partial charge in [-0.2, -0.15) is 0 Å². The van der Waals surface area contributed by atoms with Crippen molar-refractivity contribution >= 4 is 23.2 Å². The van der Waals surface area contributed by atoms with Gasteiger partial charge >= 0.3 is 0 Å². The molecule has 3 atom stereocenters. The molecule has 3 fully saturated rings. The van der Waals surface area contributed by atoms with Crippen molar-refractivity contribution in [2.24, 2.45) is 0 Å². The number of nitrogens with zero attached hydrogens (tertiary/aromatic N) is 3. The molecule has 3 heterocycles. The minimum atomic E-state index is -0.961. The number of piperidine rings is 2. The number of hydrogen-bond donors (Lipinski definition) is 2. The Balaban J connectivity index is 0.000000207. The Morgan fingerprint density at radius 3 is 1.84 bits per heavy atom. The number of aliphatic hydroxyl groups excluding tert-OH is 1. The summed E-state index contributed by atoms with van der Waals surface area (Å²) in [6, 6.07) is 22.4. The first kappa shape index (κ1) is 46.0. The topological polar surface area (TPSA) is 113 Å². The molecule has 7 rings (SSSR count). The Morgan fingerprint density at radius 1 is 0.758 bits per heavy atom. The van der Waals surface area contributed by atoms with Crippen LogP contribution in [0.1, 0.15) is 74.3 Å². The summed E-state index contributed by atoms with van der Waals surface area (Å²) in [6.45, 7) is 11.0. The molecule has 3 aliphatic rings. The van der Waals surface area contributed by atoms with Crippen LogP contribution in [-0.2, 0) is 9.59 Å². The number of aliphatic hydroxyl groups is 1. The van der Waals surface area contributed by atoms with Gasteiger partial charge in [-0.05, 0) is 118 Å². The zero-order chi connectivity index (χ0) is 43.8. The molecule has 3 saturated heterocycles. The van der Waals surface area contributed by atoms with Crippen molar-refractivity contribution < 1.29 is 42.4 Å². The van der Waals surface area contributed by atoms with Crippen molar-refractivity contribution in [1.82, 2.24) is 9.80 Å². The fraction of sp³-hybridized carbons (Fsp3) is 0.429. The van der Waals surface area contributed by atoms with Crippen molar-refractivity contribution in [2.45, 2.75) is 69.4 Å². The minimum Gasteiger partial charge on any atom is -0.493 e. The van der Waals surface area contributed by atoms with Crippen LogP contribution in [0.15, 0.2) is 97.6 Å². The number of allylic oxidation sites excluding steroid dienone is 1. The fourth-order valence-electron chi connectivity index (χ4n) is 8.22. The highest BCUT2D eigenvalue weighted by Gasteiger charge is 2.40. The molecule has 4 aromatic carbocycles. The van der Waals surface area contributed by atoms with Gasteiger partial charge in [0.25, 0.3) is 0 Å². The number of carbonyl (C=O) groups excluding carboxylic acids is 2. The zero-order valence-corrected chi connectivity index (χ0v) is 35.9. The molecule has 0 radical (unpaired) electrons. The van der Waals surface area contributed by atoms with E-state index >= 15 is 0 Å². The molecule has 0 spiro atoms. The lowest BCUT2D eigenvalue weighted by atomic mass is 9.94. The van der Waals surface area contributed by atoms with Crippen LogP contribution < -0.4 is 29.2 Å². The first-order valence-electron chi connectivity index (χ1n) is 21.7. The number of carbonyl (C=O) groups is 2. The van der Waals surface area contributed by atoms with E-state index in [-0.39, 0.29) is 29.9 Å². The molecule has 4 aromatic rings. The van der Waals surface area contributed by atoms with Gasteiger partial charge in [0.1, 0.15) is 31.1 Å². The third-order valence-electron chi connectivity index (χ3n) is 11.6. The Hall–Kier alpha value is -5.50. The summed E-state index contributed by atoms with van der Waals surface area (Å²) >= 11 is 0. The quantitative estimate of drug-likeness (QED) is 0.101. The van der Waals surface area contributed by atoms with Gasteiger partial charge in [-0.1, -0.05) is 43.2 Å². The zero-order valence-electron chi connectivity index (χ0n) is 35.9. The van der Waals surface area contributed by atoms with Crippen LogP contribution in [0.3, 0.4) is 0 Å². The monoisotopic (exact) mass is 854 g/mol. The van der Waals surface area contributed by atoms with Gasteiger partial charge in [0.05, 0.1) is 31.7 Å². The second kappa shape index (κ2) is 23.1. The van der Waals surface area contributed by atoms with E-state index in [1.165, 1.54) is 67.7 Å². The van der Waals surface area contributed by atoms with Gasteiger partial charge in [-0.3, -0.25) is 24.3 Å². The molecule has 3 unspecified atom stereocenters. The molecule has 13 heteroatoms. The first-order valence-corrected chi connectivity index (χ1v) is 21.7. The summed E-state index contributed by atoms with van der Waals surface area (Å²) in [7, 11) is 3.17. The third kappa shape index (κ3) is 12.5. The SMILES string of the molecule is C=CCC(C(=O)Nc1ccc(OC)c(OCCN2CCCCC2)c1)c1ccc(F)cc1.COc1ccc(N2C(=O)C(c3ccc(F)cc3)CC2O)cc1OCCN1CCCCC1. The lowest BCUT2D eigenvalue weighted by molar-refractivity contribution is -0.119. The van der Waals surface area contributed by atoms with Crippen LogP contribution >= 0.6 is 0 Å². The van der Waals surface area contributed by atoms with Crippen LogP contribution in [0, 0.1) is 11.6 Å². The van der Waals surface area contributed by atoms with Gasteiger partial charge in [-0.25, -0.2) is 8.78 Å². The van der Waals surface area contributed by atoms with Gasteiger partial charge in [0, 0.05) is 37.3 Å². The van der Waals surface area contributed by atoms with Gasteiger partial charge in [0.2, 0.25) is 11.8 Å². The van der Waals surface area contributed by atoms with E-state index in [0.29, 0.717) is 59.6 Å². The predicted octanol–water partition coefficient (Wildman–Crippen LogP) is 8.54. The largest absolute Gasteiger partial charge is 0.493 e. The molecule has 62 heavy (non-hydrogen) atoms. The van der Waals surface area contributed by atoms with E-state index in [4.69, 9.17) is 18.9 Å². The molecule has 0 saturated carbocycles. The second-order valence-corrected chi connectivity index (χ2v) is 15.8. The summed E-state index contributed by atoms with van der Waals surface area (Å²) < 4.78 is 49.3. The average molecular weight is 855 g/mol. The fourth-order valence-corrected chi connectivity index (χ4v) is 8.22. The molecule has 0 aromatic heterocycles. The molecule has 2 amide bonds. The normalized spacial score (nSPS) is 18.6. The summed E-state index contributed by atoms with van der Waals surface area (Å²) in [5.41, 5.74) is 2.61. The summed E-state index contributed by atoms with van der Waals surface area (Å²) in [5, 5.41) is 13.6. The molecule has 2 N–H and O–H groups in total. The molecule has 3 aliphatic heterocycles. The minimum absolute atomic E-state index is 0.184. The van der Waals surface area contributed by atoms with Crippen molar-refractivity contribution in [1.29, 1.82) is 0 Å². The maximum atomic E-state index is 13.3. The number of methoxy groups -OCH3 is 2. The maximum absolute atomic E-state index is 13.3. The highest BCUT2D eigenvalue weighted by atomic mass is 19.1. The number of ether oxygens (including phenoxy) is 4. The summed E-state index contributed by atoms with van der Waals surface area (Å²) in [5.74, 6) is 0.290. The Morgan fingerprint density at radius 2 is 1.29 bits per heavy atom. The van der Waals surface area contributed by atoms with E-state index < -0.39 is 18.1 Å². The van der Waals surface area contributed by atoms with E-state index in [1.54, 1.807) is 81.0 Å². The van der Waals surface area contributed by atoms with Gasteiger partial charge in [0.15, 0.2) is 23.0 Å². The highest BCUT2D eigenvalue weighted by Crippen LogP contribution is 2.39. The molecule has 0 aliphatic carbocycles. The standard InChI is InChI=1S/C25H31FN2O3.C24H29FN2O4/c1-3-7-22(19-8-10-20(26)11-9-19)25(29)27-21-12-13-23(30-2)24(18-21)31-17-16-28-14-5-4-6-15-28;1-30-21-10-9-19(15-22(21)31-14-13-26-11-3-2-4-12-26)27-23(28)16-20(24(27)29)17-5-7-18(25)8-6-17/h3,8-13,18,22H,1,4-7,14-17H2,2H3,(H,27,29);5-10,15,20,23,28H,2-4,11-14,16H2,1H3.